The van der Waals surface area contributed by atoms with Crippen LogP contribution in [0.3, 0.4) is 0 Å². The number of para-hydroxylation sites is 4. The minimum absolute atomic E-state index is 0. The summed E-state index contributed by atoms with van der Waals surface area (Å²) in [7, 11) is 0. The largest absolute Gasteiger partial charge is 3.00 e. The number of nitrogens with zero attached hydrogens (tertiary/aromatic N) is 6. The predicted molar refractivity (Wildman–Crippen MR) is 267 cm³/mol. The Balaban J connectivity index is 0.000000206. The maximum Gasteiger partial charge on any atom is 3.00 e. The molecule has 1 heterocycles. The number of ether oxygens (including phenoxy) is 1. The predicted octanol–water partition coefficient (Wildman–Crippen LogP) is 16.6. The minimum atomic E-state index is 0. The molecule has 0 aromatic heterocycles. The van der Waals surface area contributed by atoms with Gasteiger partial charge in [0.05, 0.1) is 17.5 Å². The van der Waals surface area contributed by atoms with Crippen molar-refractivity contribution in [2.75, 3.05) is 6.61 Å². The average molecular weight is 1010 g/mol. The number of benzene rings is 4. The second-order valence-corrected chi connectivity index (χ2v) is 17.1. The fourth-order valence-corrected chi connectivity index (χ4v) is 8.02. The Labute approximate surface area is 419 Å². The first kappa shape index (κ1) is 51.9. The molecule has 2 aliphatic carbocycles. The van der Waals surface area contributed by atoms with Gasteiger partial charge in [0.15, 0.2) is 0 Å². The molecule has 7 rings (SSSR count). The summed E-state index contributed by atoms with van der Waals surface area (Å²) in [5.74, 6) is 1.07. The number of aryl methyl sites for hydroxylation is 4. The average Bonchev–Trinajstić information content (AvgIpc) is 3.81. The number of allylic oxidation sites excluding steroid dienone is 4. The zero-order valence-electron chi connectivity index (χ0n) is 39.2. The fourth-order valence-electron chi connectivity index (χ4n) is 8.02. The Kier molecular flexibility index (Phi) is 23.2. The molecule has 0 spiro atoms. The Morgan fingerprint density at radius 1 is 0.524 bits per heavy atom. The molecule has 1 aliphatic heterocycles. The molecule has 3 aliphatic rings. The summed E-state index contributed by atoms with van der Waals surface area (Å²) in [6.45, 7) is 17.2. The molecule has 0 amide bonds. The van der Waals surface area contributed by atoms with Gasteiger partial charge in [-0.15, -0.1) is 11.4 Å². The Morgan fingerprint density at radius 2 is 0.952 bits per heavy atom. The zero-order chi connectivity index (χ0) is 44.1. The number of amidine groups is 1. The topological polar surface area (TPSA) is 88.6 Å². The van der Waals surface area contributed by atoms with Gasteiger partial charge in [-0.3, -0.25) is 9.98 Å². The van der Waals surface area contributed by atoms with Crippen LogP contribution >= 0.6 is 0 Å². The molecule has 1 radical (unpaired) electrons. The van der Waals surface area contributed by atoms with Crippen molar-refractivity contribution in [2.45, 2.75) is 151 Å². The van der Waals surface area contributed by atoms with E-state index in [2.05, 4.69) is 72.6 Å². The SMILES string of the molecule is C1CCC(N=C([N-]C2CCCCC2)[C@@H]2CCCO2)CC1.CC(/C=C(/C)[N-]c1ccccc1C)=Nc1ccccc1C.CC(/C=C(/C)[N-]c1ccccc1C)=Nc1ccccc1C.[Yb+3]. The van der Waals surface area contributed by atoms with Crippen molar-refractivity contribution >= 4 is 40.0 Å². The molecule has 1 saturated heterocycles. The Hall–Kier alpha value is -3.75. The van der Waals surface area contributed by atoms with E-state index in [0.29, 0.717) is 12.1 Å². The van der Waals surface area contributed by atoms with Gasteiger partial charge in [0.1, 0.15) is 0 Å². The molecular weight excluding hydrogens is 934 g/mol. The van der Waals surface area contributed by atoms with Crippen LogP contribution in [-0.2, 0) is 4.74 Å². The van der Waals surface area contributed by atoms with Gasteiger partial charge >= 0.3 is 46.9 Å². The maximum atomic E-state index is 5.87. The minimum Gasteiger partial charge on any atom is -0.661 e. The van der Waals surface area contributed by atoms with Gasteiger partial charge in [-0.2, -0.15) is 11.4 Å². The van der Waals surface area contributed by atoms with Crippen LogP contribution in [0.2, 0.25) is 0 Å². The molecule has 0 unspecified atom stereocenters. The van der Waals surface area contributed by atoms with Crippen LogP contribution in [0.4, 0.5) is 22.7 Å². The van der Waals surface area contributed by atoms with Crippen molar-refractivity contribution in [1.29, 1.82) is 0 Å². The molecule has 4 aromatic rings. The van der Waals surface area contributed by atoms with Crippen molar-refractivity contribution < 1.29 is 51.7 Å². The van der Waals surface area contributed by atoms with Crippen molar-refractivity contribution in [1.82, 2.24) is 0 Å². The molecule has 7 nitrogen and oxygen atoms in total. The van der Waals surface area contributed by atoms with Gasteiger partial charge in [0.2, 0.25) is 0 Å². The summed E-state index contributed by atoms with van der Waals surface area (Å²) in [6, 6.07) is 33.6. The third-order valence-electron chi connectivity index (χ3n) is 11.5. The molecule has 341 valence electrons. The maximum absolute atomic E-state index is 5.87. The summed E-state index contributed by atoms with van der Waals surface area (Å²) in [5, 5.41) is 14.3. The fraction of sp³-hybridized carbons (Fsp3) is 0.436. The first-order chi connectivity index (χ1) is 30.0. The normalized spacial score (nSPS) is 18.0. The quantitative estimate of drug-likeness (QED) is 0.109. The molecule has 63 heavy (non-hydrogen) atoms. The smallest absolute Gasteiger partial charge is 0.661 e. The van der Waals surface area contributed by atoms with Gasteiger partial charge < -0.3 is 25.7 Å². The molecule has 0 N–H and O–H groups in total. The Bertz CT molecular complexity index is 2030. The summed E-state index contributed by atoms with van der Waals surface area (Å²) < 4.78 is 5.87. The zero-order valence-corrected chi connectivity index (χ0v) is 40.9. The third-order valence-corrected chi connectivity index (χ3v) is 11.5. The van der Waals surface area contributed by atoms with Crippen molar-refractivity contribution in [3.05, 3.63) is 159 Å². The van der Waals surface area contributed by atoms with Gasteiger partial charge in [0.25, 0.3) is 0 Å². The van der Waals surface area contributed by atoms with Gasteiger partial charge in [-0.25, -0.2) is 0 Å². The first-order valence-electron chi connectivity index (χ1n) is 23.1. The van der Waals surface area contributed by atoms with Gasteiger partial charge in [-0.05, 0) is 89.7 Å². The van der Waals surface area contributed by atoms with Crippen LogP contribution in [0.15, 0.2) is 136 Å². The second kappa shape index (κ2) is 28.2. The molecule has 4 aromatic carbocycles. The first-order valence-corrected chi connectivity index (χ1v) is 23.1. The summed E-state index contributed by atoms with van der Waals surface area (Å²) in [4.78, 5) is 14.3. The summed E-state index contributed by atoms with van der Waals surface area (Å²) >= 11 is 0. The molecule has 3 fully saturated rings. The van der Waals surface area contributed by atoms with E-state index < -0.39 is 0 Å². The number of hydrogen-bond donors (Lipinski definition) is 0. The van der Waals surface area contributed by atoms with E-state index in [0.717, 1.165) is 64.4 Å². The van der Waals surface area contributed by atoms with Crippen LogP contribution in [0.5, 0.6) is 0 Å². The monoisotopic (exact) mass is 1010 g/mol. The van der Waals surface area contributed by atoms with Crippen LogP contribution in [-0.4, -0.2) is 42.1 Å². The molecule has 8 heteroatoms. The number of aliphatic imine (C=N–C) groups is 3. The number of hydrogen-bond acceptors (Lipinski definition) is 4. The van der Waals surface area contributed by atoms with E-state index in [-0.39, 0.29) is 53.0 Å². The van der Waals surface area contributed by atoms with Crippen molar-refractivity contribution in [3.8, 4) is 0 Å². The van der Waals surface area contributed by atoms with Gasteiger partial charge in [0, 0.05) is 18.0 Å². The van der Waals surface area contributed by atoms with Crippen molar-refractivity contribution in [3.63, 3.8) is 0 Å². The van der Waals surface area contributed by atoms with E-state index in [1.54, 1.807) is 0 Å². The third kappa shape index (κ3) is 18.7. The van der Waals surface area contributed by atoms with Crippen LogP contribution in [0.25, 0.3) is 16.0 Å². The van der Waals surface area contributed by atoms with E-state index in [1.165, 1.54) is 92.9 Å². The van der Waals surface area contributed by atoms with E-state index in [4.69, 9.17) is 15.0 Å². The molecule has 2 saturated carbocycles. The number of rotatable bonds is 11. The van der Waals surface area contributed by atoms with Crippen LogP contribution in [0, 0.1) is 74.6 Å². The Morgan fingerprint density at radius 3 is 1.38 bits per heavy atom. The summed E-state index contributed by atoms with van der Waals surface area (Å²) in [6.07, 6.45) is 19.7. The molecule has 1 atom stereocenters. The van der Waals surface area contributed by atoms with Crippen LogP contribution in [0.1, 0.15) is 127 Å². The second-order valence-electron chi connectivity index (χ2n) is 17.1. The van der Waals surface area contributed by atoms with E-state index in [9.17, 15) is 0 Å². The standard InChI is InChI=1S/2C19H21N2.C17H29N2O.Yb/c2*1-14-9-5-7-11-18(14)20-16(3)13-17(4)21-19-12-8-6-10-15(19)2;1-3-8-14(9-4-1)18-17(16-12-7-13-20-16)19-15-10-5-2-6-11-15;/h2*5-13H,1-4H3;14-16H,1-13H2;/q3*-1;+3/b2*16-13-,21-17?;;/t;;16-;/m..0./s1. The summed E-state index contributed by atoms with van der Waals surface area (Å²) in [5.41, 5.74) is 12.6. The van der Waals surface area contributed by atoms with E-state index in [1.807, 2.05) is 113 Å². The molecular formula is C55H71N6OYb. The van der Waals surface area contributed by atoms with Gasteiger partial charge in [-0.1, -0.05) is 192 Å². The van der Waals surface area contributed by atoms with Crippen LogP contribution < -0.4 is 0 Å². The van der Waals surface area contributed by atoms with E-state index >= 15 is 0 Å². The van der Waals surface area contributed by atoms with Crippen molar-refractivity contribution in [2.24, 2.45) is 15.0 Å². The molecule has 0 bridgehead atoms.